The Labute approximate surface area is 394 Å². The van der Waals surface area contributed by atoms with Crippen molar-refractivity contribution in [3.8, 4) is 50.2 Å². The van der Waals surface area contributed by atoms with Crippen LogP contribution in [0.1, 0.15) is 17.7 Å². The van der Waals surface area contributed by atoms with Gasteiger partial charge >= 0.3 is 0 Å². The van der Waals surface area contributed by atoms with Gasteiger partial charge in [-0.3, -0.25) is 0 Å². The zero-order valence-corrected chi connectivity index (χ0v) is 37.6. The smallest absolute Gasteiger partial charge is 0.0537 e. The van der Waals surface area contributed by atoms with Crippen molar-refractivity contribution in [1.82, 2.24) is 4.57 Å². The predicted octanol–water partition coefficient (Wildman–Crippen LogP) is 18.2. The summed E-state index contributed by atoms with van der Waals surface area (Å²) < 4.78 is 5.07. The SMILES string of the molecule is C1=Cc2c(c3ccccc3n2-c2cccc(-c3ccc(N(c4ccc(-c5cccc(-c6ccc7ccccc7c6)c5)cc4)c4ccc(-c5cccc6sc7ccccc7c56)cc4)cc3)c2)CC1. The van der Waals surface area contributed by atoms with Crippen molar-refractivity contribution < 1.29 is 0 Å². The van der Waals surface area contributed by atoms with E-state index in [2.05, 4.69) is 252 Å². The van der Waals surface area contributed by atoms with Crippen molar-refractivity contribution in [2.45, 2.75) is 12.8 Å². The molecule has 0 fully saturated rings. The van der Waals surface area contributed by atoms with E-state index in [-0.39, 0.29) is 0 Å². The number of hydrogen-bond acceptors (Lipinski definition) is 2. The average Bonchev–Trinajstić information content (AvgIpc) is 3.96. The molecule has 0 bridgehead atoms. The molecular weight excluding hydrogens is 829 g/mol. The summed E-state index contributed by atoms with van der Waals surface area (Å²) in [6.07, 6.45) is 6.78. The van der Waals surface area contributed by atoms with Gasteiger partial charge in [0.05, 0.1) is 5.52 Å². The van der Waals surface area contributed by atoms with Gasteiger partial charge in [0.15, 0.2) is 0 Å². The molecule has 0 saturated carbocycles. The minimum atomic E-state index is 1.07. The highest BCUT2D eigenvalue weighted by Gasteiger charge is 2.20. The Morgan fingerprint density at radius 1 is 0.403 bits per heavy atom. The molecule has 67 heavy (non-hydrogen) atoms. The van der Waals surface area contributed by atoms with E-state index >= 15 is 0 Å². The van der Waals surface area contributed by atoms with Crippen LogP contribution in [0.5, 0.6) is 0 Å². The maximum Gasteiger partial charge on any atom is 0.0537 e. The molecule has 0 aliphatic heterocycles. The lowest BCUT2D eigenvalue weighted by molar-refractivity contribution is 0.968. The van der Waals surface area contributed by atoms with Crippen LogP contribution in [-0.4, -0.2) is 4.57 Å². The number of anilines is 3. The van der Waals surface area contributed by atoms with Crippen molar-refractivity contribution in [2.24, 2.45) is 0 Å². The second kappa shape index (κ2) is 16.3. The minimum Gasteiger partial charge on any atom is -0.311 e. The van der Waals surface area contributed by atoms with E-state index in [1.165, 1.54) is 103 Å². The zero-order valence-electron chi connectivity index (χ0n) is 36.8. The van der Waals surface area contributed by atoms with Gasteiger partial charge < -0.3 is 9.47 Å². The number of fused-ring (bicyclic) bond motifs is 7. The molecule has 0 atom stereocenters. The Kier molecular flexibility index (Phi) is 9.54. The molecule has 0 N–H and O–H groups in total. The summed E-state index contributed by atoms with van der Waals surface area (Å²) in [4.78, 5) is 2.38. The number of hydrogen-bond donors (Lipinski definition) is 0. The summed E-state index contributed by atoms with van der Waals surface area (Å²) in [7, 11) is 0. The first kappa shape index (κ1) is 39.2. The fourth-order valence-corrected chi connectivity index (χ4v) is 11.5. The molecule has 316 valence electrons. The van der Waals surface area contributed by atoms with Crippen LogP contribution in [-0.2, 0) is 6.42 Å². The number of nitrogens with zero attached hydrogens (tertiary/aromatic N) is 2. The number of aromatic nitrogens is 1. The van der Waals surface area contributed by atoms with E-state index < -0.39 is 0 Å². The lowest BCUT2D eigenvalue weighted by Gasteiger charge is -2.26. The molecular formula is C64H44N2S. The summed E-state index contributed by atoms with van der Waals surface area (Å²) in [5, 5.41) is 6.50. The molecule has 3 heteroatoms. The van der Waals surface area contributed by atoms with Crippen LogP contribution in [0, 0.1) is 0 Å². The number of para-hydroxylation sites is 1. The quantitative estimate of drug-likeness (QED) is 0.148. The second-order valence-electron chi connectivity index (χ2n) is 17.6. The van der Waals surface area contributed by atoms with Crippen LogP contribution in [0.2, 0.25) is 0 Å². The van der Waals surface area contributed by atoms with Crippen LogP contribution >= 0.6 is 11.3 Å². The lowest BCUT2D eigenvalue weighted by atomic mass is 9.97. The highest BCUT2D eigenvalue weighted by Crippen LogP contribution is 2.43. The Bertz CT molecular complexity index is 3850. The van der Waals surface area contributed by atoms with Gasteiger partial charge in [0.2, 0.25) is 0 Å². The molecule has 0 spiro atoms. The third-order valence-electron chi connectivity index (χ3n) is 13.7. The Morgan fingerprint density at radius 2 is 0.970 bits per heavy atom. The topological polar surface area (TPSA) is 8.17 Å². The van der Waals surface area contributed by atoms with Crippen molar-refractivity contribution in [3.05, 3.63) is 248 Å². The first-order chi connectivity index (χ1) is 33.2. The van der Waals surface area contributed by atoms with Crippen molar-refractivity contribution in [3.63, 3.8) is 0 Å². The first-order valence-corrected chi connectivity index (χ1v) is 24.0. The van der Waals surface area contributed by atoms with Crippen LogP contribution in [0.15, 0.2) is 237 Å². The van der Waals surface area contributed by atoms with E-state index in [9.17, 15) is 0 Å². The Balaban J connectivity index is 0.869. The van der Waals surface area contributed by atoms with E-state index in [1.807, 2.05) is 11.3 Å². The minimum absolute atomic E-state index is 1.07. The molecule has 0 saturated heterocycles. The third-order valence-corrected chi connectivity index (χ3v) is 14.8. The summed E-state index contributed by atoms with van der Waals surface area (Å²) in [6, 6.07) is 84.8. The number of aryl methyl sites for hydroxylation is 1. The largest absolute Gasteiger partial charge is 0.311 e. The Morgan fingerprint density at radius 3 is 1.73 bits per heavy atom. The van der Waals surface area contributed by atoms with Gasteiger partial charge in [-0.1, -0.05) is 158 Å². The standard InChI is InChI=1S/C64H44N2S/c1-2-13-47-41-51(27-26-43(47)12-1)49-15-9-14-48(40-49)44-28-34-52(35-29-44)65(54-38-32-46(33-39-54)56-21-11-25-63-64(56)59-20-5-8-24-62(59)67-63)53-36-30-45(31-37-53)50-16-10-17-55(42-50)66-60-22-6-3-18-57(60)58-19-4-7-23-61(58)66/h1-3,5-18,20-42H,4,19H2. The van der Waals surface area contributed by atoms with Crippen molar-refractivity contribution in [2.75, 3.05) is 4.90 Å². The van der Waals surface area contributed by atoms with Crippen molar-refractivity contribution >= 4 is 76.3 Å². The van der Waals surface area contributed by atoms with Crippen LogP contribution in [0.25, 0.3) is 98.1 Å². The zero-order chi connectivity index (χ0) is 44.3. The molecule has 0 amide bonds. The van der Waals surface area contributed by atoms with Gasteiger partial charge in [0, 0.05) is 54.0 Å². The molecule has 1 aliphatic rings. The Hall–Kier alpha value is -8.24. The van der Waals surface area contributed by atoms with Crippen molar-refractivity contribution in [1.29, 1.82) is 0 Å². The first-order valence-electron chi connectivity index (χ1n) is 23.2. The van der Waals surface area contributed by atoms with Crippen LogP contribution < -0.4 is 4.90 Å². The third kappa shape index (κ3) is 6.95. The normalized spacial score (nSPS) is 12.3. The highest BCUT2D eigenvalue weighted by molar-refractivity contribution is 7.25. The summed E-state index contributed by atoms with van der Waals surface area (Å²) in [5.74, 6) is 0. The second-order valence-corrected chi connectivity index (χ2v) is 18.7. The maximum atomic E-state index is 2.44. The van der Waals surface area contributed by atoms with Gasteiger partial charge in [0.1, 0.15) is 0 Å². The maximum absolute atomic E-state index is 2.44. The molecule has 2 heterocycles. The van der Waals surface area contributed by atoms with Gasteiger partial charge in [-0.2, -0.15) is 0 Å². The number of rotatable bonds is 8. The molecule has 10 aromatic carbocycles. The monoisotopic (exact) mass is 872 g/mol. The molecule has 2 aromatic heterocycles. The summed E-state index contributed by atoms with van der Waals surface area (Å²) in [5.41, 5.74) is 18.1. The van der Waals surface area contributed by atoms with Gasteiger partial charge in [0.25, 0.3) is 0 Å². The van der Waals surface area contributed by atoms with Gasteiger partial charge in [-0.05, 0) is 159 Å². The number of thiophene rings is 1. The molecule has 12 aromatic rings. The van der Waals surface area contributed by atoms with E-state index in [1.54, 1.807) is 0 Å². The van der Waals surface area contributed by atoms with Crippen LogP contribution in [0.3, 0.4) is 0 Å². The molecule has 0 unspecified atom stereocenters. The van der Waals surface area contributed by atoms with Gasteiger partial charge in [-0.25, -0.2) is 0 Å². The summed E-state index contributed by atoms with van der Waals surface area (Å²) >= 11 is 1.87. The number of benzene rings is 10. The summed E-state index contributed by atoms with van der Waals surface area (Å²) in [6.45, 7) is 0. The molecule has 1 aliphatic carbocycles. The van der Waals surface area contributed by atoms with E-state index in [0.29, 0.717) is 0 Å². The van der Waals surface area contributed by atoms with Gasteiger partial charge in [-0.15, -0.1) is 11.3 Å². The highest BCUT2D eigenvalue weighted by atomic mass is 32.1. The van der Waals surface area contributed by atoms with E-state index in [0.717, 1.165) is 29.9 Å². The lowest BCUT2D eigenvalue weighted by Crippen LogP contribution is -2.09. The van der Waals surface area contributed by atoms with E-state index in [4.69, 9.17) is 0 Å². The van der Waals surface area contributed by atoms with Crippen LogP contribution in [0.4, 0.5) is 17.1 Å². The average molecular weight is 873 g/mol. The fourth-order valence-electron chi connectivity index (χ4n) is 10.4. The fraction of sp³-hybridized carbons (Fsp3) is 0.0312. The molecule has 0 radical (unpaired) electrons. The predicted molar refractivity (Wildman–Crippen MR) is 287 cm³/mol. The molecule has 13 rings (SSSR count). The number of allylic oxidation sites excluding steroid dienone is 1. The molecule has 2 nitrogen and oxygen atoms in total.